The van der Waals surface area contributed by atoms with Gasteiger partial charge in [-0.15, -0.1) is 11.8 Å². The molecule has 2 N–H and O–H groups in total. The van der Waals surface area contributed by atoms with Gasteiger partial charge >= 0.3 is 0 Å². The fourth-order valence-corrected chi connectivity index (χ4v) is 3.82. The normalized spacial score (nSPS) is 11.8. The van der Waals surface area contributed by atoms with E-state index >= 15 is 0 Å². The van der Waals surface area contributed by atoms with Gasteiger partial charge in [0.25, 0.3) is 5.91 Å². The number of thioether (sulfide) groups is 1. The quantitative estimate of drug-likeness (QED) is 0.467. The third-order valence-corrected chi connectivity index (χ3v) is 5.66. The molecule has 8 heteroatoms. The Kier molecular flexibility index (Phi) is 7.94. The second-order valence-corrected chi connectivity index (χ2v) is 8.43. The van der Waals surface area contributed by atoms with E-state index in [4.69, 9.17) is 0 Å². The molecule has 0 aliphatic rings. The van der Waals surface area contributed by atoms with E-state index in [2.05, 4.69) is 15.6 Å². The van der Waals surface area contributed by atoms with Gasteiger partial charge in [0.05, 0.1) is 5.03 Å². The smallest absolute Gasteiger partial charge is 0.257 e. The van der Waals surface area contributed by atoms with Crippen molar-refractivity contribution in [3.8, 4) is 0 Å². The summed E-state index contributed by atoms with van der Waals surface area (Å²) in [5, 5.41) is 6.13. The van der Waals surface area contributed by atoms with Gasteiger partial charge in [-0.1, -0.05) is 38.1 Å². The largest absolute Gasteiger partial charge is 0.340 e. The Hall–Kier alpha value is -3.26. The first-order chi connectivity index (χ1) is 15.3. The van der Waals surface area contributed by atoms with Crippen LogP contribution in [0.5, 0.6) is 0 Å². The molecule has 0 spiro atoms. The molecule has 0 aliphatic carbocycles. The minimum atomic E-state index is -0.983. The number of aromatic nitrogens is 1. The number of anilines is 1. The van der Waals surface area contributed by atoms with Crippen molar-refractivity contribution in [1.82, 2.24) is 10.3 Å². The summed E-state index contributed by atoms with van der Waals surface area (Å²) in [7, 11) is 0. The maximum atomic E-state index is 13.9. The predicted octanol–water partition coefficient (Wildman–Crippen LogP) is 5.05. The van der Waals surface area contributed by atoms with Crippen molar-refractivity contribution < 1.29 is 18.4 Å². The number of pyridine rings is 1. The van der Waals surface area contributed by atoms with Crippen LogP contribution in [0.3, 0.4) is 0 Å². The summed E-state index contributed by atoms with van der Waals surface area (Å²) in [6, 6.07) is 15.2. The third-order valence-electron chi connectivity index (χ3n) is 4.64. The molecular weight excluding hydrogens is 432 g/mol. The molecule has 0 saturated carbocycles. The Morgan fingerprint density at radius 2 is 1.72 bits per heavy atom. The topological polar surface area (TPSA) is 71.1 Å². The maximum Gasteiger partial charge on any atom is 0.257 e. The average Bonchev–Trinajstić information content (AvgIpc) is 2.76. The molecule has 3 aromatic rings. The summed E-state index contributed by atoms with van der Waals surface area (Å²) in [4.78, 5) is 29.6. The van der Waals surface area contributed by atoms with E-state index in [0.29, 0.717) is 11.4 Å². The van der Waals surface area contributed by atoms with Crippen molar-refractivity contribution in [3.05, 3.63) is 89.6 Å². The predicted molar refractivity (Wildman–Crippen MR) is 121 cm³/mol. The molecule has 0 saturated heterocycles. The first kappa shape index (κ1) is 23.4. The van der Waals surface area contributed by atoms with Crippen molar-refractivity contribution >= 4 is 29.3 Å². The van der Waals surface area contributed by atoms with Gasteiger partial charge in [0.2, 0.25) is 5.91 Å². The molecule has 5 nitrogen and oxygen atoms in total. The lowest BCUT2D eigenvalue weighted by Gasteiger charge is -2.22. The highest BCUT2D eigenvalue weighted by Gasteiger charge is 2.27. The second kappa shape index (κ2) is 10.9. The molecule has 2 amide bonds. The lowest BCUT2D eigenvalue weighted by molar-refractivity contribution is -0.118. The molecule has 0 bridgehead atoms. The Balaban J connectivity index is 1.67. The van der Waals surface area contributed by atoms with Gasteiger partial charge in [-0.2, -0.15) is 0 Å². The van der Waals surface area contributed by atoms with Crippen LogP contribution >= 0.6 is 11.8 Å². The van der Waals surface area contributed by atoms with Crippen LogP contribution in [-0.4, -0.2) is 22.8 Å². The summed E-state index contributed by atoms with van der Waals surface area (Å²) >= 11 is 1.57. The van der Waals surface area contributed by atoms with Gasteiger partial charge in [-0.3, -0.25) is 9.59 Å². The zero-order valence-corrected chi connectivity index (χ0v) is 18.5. The number of amides is 2. The monoisotopic (exact) mass is 455 g/mol. The van der Waals surface area contributed by atoms with E-state index in [1.807, 2.05) is 36.4 Å². The minimum absolute atomic E-state index is 0.309. The van der Waals surface area contributed by atoms with Crippen LogP contribution in [0.2, 0.25) is 0 Å². The van der Waals surface area contributed by atoms with Crippen molar-refractivity contribution in [2.24, 2.45) is 5.92 Å². The number of rotatable bonds is 8. The fourth-order valence-electron chi connectivity index (χ4n) is 3.01. The van der Waals surface area contributed by atoms with Gasteiger partial charge in [0, 0.05) is 17.6 Å². The molecule has 166 valence electrons. The average molecular weight is 456 g/mol. The van der Waals surface area contributed by atoms with Crippen LogP contribution in [0.25, 0.3) is 0 Å². The number of carbonyl (C=O) groups excluding carboxylic acids is 2. The Bertz CT molecular complexity index is 1070. The highest BCUT2D eigenvalue weighted by molar-refractivity contribution is 7.98. The number of nitrogens with one attached hydrogen (secondary N) is 2. The van der Waals surface area contributed by atoms with Crippen LogP contribution in [-0.2, 0) is 10.5 Å². The molecule has 0 radical (unpaired) electrons. The Morgan fingerprint density at radius 1 is 1.00 bits per heavy atom. The van der Waals surface area contributed by atoms with Crippen molar-refractivity contribution in [2.45, 2.75) is 30.7 Å². The van der Waals surface area contributed by atoms with Crippen LogP contribution in [0.4, 0.5) is 14.5 Å². The fraction of sp³-hybridized carbons (Fsp3) is 0.208. The van der Waals surface area contributed by atoms with Gasteiger partial charge in [-0.25, -0.2) is 13.8 Å². The highest BCUT2D eigenvalue weighted by Crippen LogP contribution is 2.22. The molecule has 3 rings (SSSR count). The minimum Gasteiger partial charge on any atom is -0.340 e. The van der Waals surface area contributed by atoms with Gasteiger partial charge in [0.1, 0.15) is 23.2 Å². The van der Waals surface area contributed by atoms with E-state index in [1.165, 1.54) is 6.07 Å². The summed E-state index contributed by atoms with van der Waals surface area (Å²) in [6.07, 6.45) is 1.73. The van der Waals surface area contributed by atoms with Gasteiger partial charge in [-0.05, 0) is 47.9 Å². The number of hydrogen-bond donors (Lipinski definition) is 2. The van der Waals surface area contributed by atoms with E-state index in [1.54, 1.807) is 37.9 Å². The second-order valence-electron chi connectivity index (χ2n) is 7.44. The van der Waals surface area contributed by atoms with Crippen molar-refractivity contribution in [1.29, 1.82) is 0 Å². The van der Waals surface area contributed by atoms with E-state index in [0.717, 1.165) is 22.7 Å². The lowest BCUT2D eigenvalue weighted by atomic mass is 10.0. The van der Waals surface area contributed by atoms with E-state index in [9.17, 15) is 18.4 Å². The number of hydrogen-bond acceptors (Lipinski definition) is 4. The van der Waals surface area contributed by atoms with Crippen molar-refractivity contribution in [3.63, 3.8) is 0 Å². The van der Waals surface area contributed by atoms with Gasteiger partial charge < -0.3 is 10.6 Å². The molecular formula is C24H23F2N3O2S. The highest BCUT2D eigenvalue weighted by atomic mass is 32.2. The number of benzene rings is 2. The Labute approximate surface area is 189 Å². The molecule has 2 aromatic carbocycles. The number of carbonyl (C=O) groups is 2. The van der Waals surface area contributed by atoms with E-state index in [-0.39, 0.29) is 5.92 Å². The van der Waals surface area contributed by atoms with Gasteiger partial charge in [0.15, 0.2) is 0 Å². The maximum absolute atomic E-state index is 13.9. The summed E-state index contributed by atoms with van der Waals surface area (Å²) in [5.41, 5.74) is 0.836. The van der Waals surface area contributed by atoms with E-state index < -0.39 is 35.1 Å². The summed E-state index contributed by atoms with van der Waals surface area (Å²) in [5.74, 6) is -3.06. The number of nitrogens with zero attached hydrogens (tertiary/aromatic N) is 1. The zero-order chi connectivity index (χ0) is 23.1. The lowest BCUT2D eigenvalue weighted by Crippen LogP contribution is -2.47. The van der Waals surface area contributed by atoms with Crippen LogP contribution in [0, 0.1) is 17.6 Å². The molecule has 1 atom stereocenters. The first-order valence-electron chi connectivity index (χ1n) is 10.0. The molecule has 1 heterocycles. The molecule has 32 heavy (non-hydrogen) atoms. The summed E-state index contributed by atoms with van der Waals surface area (Å²) < 4.78 is 27.9. The first-order valence-corrected chi connectivity index (χ1v) is 11.0. The third kappa shape index (κ3) is 6.13. The standard InChI is InChI=1S/C24H23F2N3O2S/c1-15(2)22(29-23(30)21-18(25)9-6-10-19(21)26)24(31)28-17-8-5-7-16(13-17)14-32-20-11-3-4-12-27-20/h3-13,15,22H,14H2,1-2H3,(H,28,31)(H,29,30). The summed E-state index contributed by atoms with van der Waals surface area (Å²) in [6.45, 7) is 3.48. The number of halogens is 2. The van der Waals surface area contributed by atoms with Crippen LogP contribution in [0.15, 0.2) is 71.9 Å². The molecule has 0 aliphatic heterocycles. The van der Waals surface area contributed by atoms with Crippen molar-refractivity contribution in [2.75, 3.05) is 5.32 Å². The molecule has 1 unspecified atom stereocenters. The van der Waals surface area contributed by atoms with Crippen LogP contribution in [0.1, 0.15) is 29.8 Å². The van der Waals surface area contributed by atoms with Crippen LogP contribution < -0.4 is 10.6 Å². The zero-order valence-electron chi connectivity index (χ0n) is 17.6. The molecule has 0 fully saturated rings. The SMILES string of the molecule is CC(C)C(NC(=O)c1c(F)cccc1F)C(=O)Nc1cccc(CSc2ccccn2)c1. The molecule has 1 aromatic heterocycles. The Morgan fingerprint density at radius 3 is 2.38 bits per heavy atom.